The van der Waals surface area contributed by atoms with Crippen molar-refractivity contribution in [2.45, 2.75) is 12.1 Å². The number of carbonyl (C=O) groups excluding carboxylic acids is 2. The summed E-state index contributed by atoms with van der Waals surface area (Å²) in [7, 11) is 4.67. The number of aromatic nitrogens is 2. The standard InChI is InChI=1S/C22H24N4O5S/c1-14-5-8-16(9-6-14)23-19(27)12-26(2)20(28)13-32-22-25-24-21(31-22)15-7-10-17(29-3)18(11-15)30-4/h5-11H,12-13H2,1-4H3,(H,23,27). The Hall–Kier alpha value is -3.53. The first-order chi connectivity index (χ1) is 15.4. The summed E-state index contributed by atoms with van der Waals surface area (Å²) in [5.74, 6) is 0.973. The predicted octanol–water partition coefficient (Wildman–Crippen LogP) is 3.25. The van der Waals surface area contributed by atoms with Crippen LogP contribution >= 0.6 is 11.8 Å². The lowest BCUT2D eigenvalue weighted by Crippen LogP contribution is -2.35. The van der Waals surface area contributed by atoms with Crippen molar-refractivity contribution >= 4 is 29.3 Å². The lowest BCUT2D eigenvalue weighted by molar-refractivity contribution is -0.131. The van der Waals surface area contributed by atoms with Crippen LogP contribution in [0.15, 0.2) is 52.1 Å². The number of aryl methyl sites for hydroxylation is 1. The van der Waals surface area contributed by atoms with Gasteiger partial charge in [-0.1, -0.05) is 29.5 Å². The van der Waals surface area contributed by atoms with Crippen LogP contribution in [0.5, 0.6) is 11.5 Å². The van der Waals surface area contributed by atoms with E-state index in [-0.39, 0.29) is 29.3 Å². The number of thioether (sulfide) groups is 1. The van der Waals surface area contributed by atoms with Crippen LogP contribution in [0, 0.1) is 6.92 Å². The Balaban J connectivity index is 1.52. The number of hydrogen-bond acceptors (Lipinski definition) is 8. The summed E-state index contributed by atoms with van der Waals surface area (Å²) in [5.41, 5.74) is 2.45. The average molecular weight is 457 g/mol. The van der Waals surface area contributed by atoms with Crippen LogP contribution in [0.2, 0.25) is 0 Å². The quantitative estimate of drug-likeness (QED) is 0.489. The zero-order chi connectivity index (χ0) is 23.1. The molecular formula is C22H24N4O5S. The molecule has 0 aliphatic carbocycles. The topological polar surface area (TPSA) is 107 Å². The number of benzene rings is 2. The highest BCUT2D eigenvalue weighted by Crippen LogP contribution is 2.32. The van der Waals surface area contributed by atoms with Crippen LogP contribution in [0.1, 0.15) is 5.56 Å². The summed E-state index contributed by atoms with van der Waals surface area (Å²) in [5, 5.41) is 11.0. The fraction of sp³-hybridized carbons (Fsp3) is 0.273. The van der Waals surface area contributed by atoms with E-state index in [0.717, 1.165) is 17.3 Å². The molecule has 1 heterocycles. The molecule has 168 valence electrons. The maximum Gasteiger partial charge on any atom is 0.277 e. The molecule has 32 heavy (non-hydrogen) atoms. The molecule has 0 aliphatic rings. The molecule has 0 bridgehead atoms. The van der Waals surface area contributed by atoms with Crippen molar-refractivity contribution in [1.29, 1.82) is 0 Å². The van der Waals surface area contributed by atoms with Crippen LogP contribution in [0.3, 0.4) is 0 Å². The van der Waals surface area contributed by atoms with E-state index < -0.39 is 0 Å². The first-order valence-electron chi connectivity index (χ1n) is 9.68. The van der Waals surface area contributed by atoms with Gasteiger partial charge in [0.05, 0.1) is 26.5 Å². The second-order valence-corrected chi connectivity index (χ2v) is 7.82. The van der Waals surface area contributed by atoms with Crippen LogP contribution in [0.4, 0.5) is 5.69 Å². The Morgan fingerprint density at radius 1 is 1.06 bits per heavy atom. The smallest absolute Gasteiger partial charge is 0.277 e. The summed E-state index contributed by atoms with van der Waals surface area (Å²) in [4.78, 5) is 25.9. The van der Waals surface area contributed by atoms with Gasteiger partial charge in [0.1, 0.15) is 0 Å². The Bertz CT molecular complexity index is 1080. The molecule has 0 atom stereocenters. The van der Waals surface area contributed by atoms with E-state index in [1.807, 2.05) is 31.2 Å². The third-order valence-electron chi connectivity index (χ3n) is 4.50. The number of ether oxygens (including phenoxy) is 2. The minimum absolute atomic E-state index is 0.0574. The summed E-state index contributed by atoms with van der Waals surface area (Å²) in [6.07, 6.45) is 0. The third kappa shape index (κ3) is 6.01. The molecule has 0 unspecified atom stereocenters. The second-order valence-electron chi connectivity index (χ2n) is 6.90. The zero-order valence-electron chi connectivity index (χ0n) is 18.2. The van der Waals surface area contributed by atoms with E-state index in [1.54, 1.807) is 39.5 Å². The Morgan fingerprint density at radius 2 is 1.78 bits per heavy atom. The molecule has 0 saturated heterocycles. The molecule has 0 fully saturated rings. The van der Waals surface area contributed by atoms with Gasteiger partial charge in [-0.3, -0.25) is 9.59 Å². The van der Waals surface area contributed by atoms with E-state index >= 15 is 0 Å². The Labute approximate surface area is 190 Å². The van der Waals surface area contributed by atoms with E-state index in [0.29, 0.717) is 28.6 Å². The molecule has 2 aromatic carbocycles. The molecule has 0 spiro atoms. The van der Waals surface area contributed by atoms with Gasteiger partial charge in [-0.25, -0.2) is 0 Å². The molecule has 0 radical (unpaired) electrons. The first kappa shape index (κ1) is 23.1. The highest BCUT2D eigenvalue weighted by molar-refractivity contribution is 7.99. The van der Waals surface area contributed by atoms with Crippen molar-refractivity contribution in [3.05, 3.63) is 48.0 Å². The summed E-state index contributed by atoms with van der Waals surface area (Å²) >= 11 is 1.10. The highest BCUT2D eigenvalue weighted by Gasteiger charge is 2.17. The number of rotatable bonds is 9. The number of amides is 2. The number of hydrogen-bond donors (Lipinski definition) is 1. The average Bonchev–Trinajstić information content (AvgIpc) is 3.27. The number of likely N-dealkylation sites (N-methyl/N-ethyl adjacent to an activating group) is 1. The summed E-state index contributed by atoms with van der Waals surface area (Å²) < 4.78 is 16.1. The highest BCUT2D eigenvalue weighted by atomic mass is 32.2. The lowest BCUT2D eigenvalue weighted by Gasteiger charge is -2.16. The minimum atomic E-state index is -0.275. The van der Waals surface area contributed by atoms with Crippen LogP contribution in [0.25, 0.3) is 11.5 Å². The van der Waals surface area contributed by atoms with E-state index in [1.165, 1.54) is 4.90 Å². The van der Waals surface area contributed by atoms with Gasteiger partial charge in [-0.05, 0) is 37.3 Å². The van der Waals surface area contributed by atoms with E-state index in [4.69, 9.17) is 13.9 Å². The normalized spacial score (nSPS) is 10.5. The van der Waals surface area contributed by atoms with Crippen molar-refractivity contribution in [2.75, 3.05) is 38.9 Å². The predicted molar refractivity (Wildman–Crippen MR) is 121 cm³/mol. The molecule has 0 saturated carbocycles. The largest absolute Gasteiger partial charge is 0.493 e. The van der Waals surface area contributed by atoms with E-state index in [2.05, 4.69) is 15.5 Å². The zero-order valence-corrected chi connectivity index (χ0v) is 19.1. The molecule has 0 aliphatic heterocycles. The van der Waals surface area contributed by atoms with Gasteiger partial charge in [-0.2, -0.15) is 0 Å². The summed E-state index contributed by atoms with van der Waals surface area (Å²) in [6.45, 7) is 1.91. The maximum absolute atomic E-state index is 12.4. The Kier molecular flexibility index (Phi) is 7.72. The van der Waals surface area contributed by atoms with Gasteiger partial charge in [0.15, 0.2) is 11.5 Å². The maximum atomic E-state index is 12.4. The van der Waals surface area contributed by atoms with Gasteiger partial charge >= 0.3 is 0 Å². The number of anilines is 1. The first-order valence-corrected chi connectivity index (χ1v) is 10.7. The van der Waals surface area contributed by atoms with Gasteiger partial charge in [-0.15, -0.1) is 10.2 Å². The third-order valence-corrected chi connectivity index (χ3v) is 5.30. The molecule has 9 nitrogen and oxygen atoms in total. The van der Waals surface area contributed by atoms with Gasteiger partial charge in [0, 0.05) is 18.3 Å². The molecule has 1 N–H and O–H groups in total. The molecule has 10 heteroatoms. The van der Waals surface area contributed by atoms with Gasteiger partial charge in [0.25, 0.3) is 5.22 Å². The van der Waals surface area contributed by atoms with Crippen molar-refractivity contribution in [1.82, 2.24) is 15.1 Å². The summed E-state index contributed by atoms with van der Waals surface area (Å²) in [6, 6.07) is 12.7. The lowest BCUT2D eigenvalue weighted by atomic mass is 10.2. The Morgan fingerprint density at radius 3 is 2.47 bits per heavy atom. The van der Waals surface area contributed by atoms with E-state index in [9.17, 15) is 9.59 Å². The number of nitrogens with one attached hydrogen (secondary N) is 1. The van der Waals surface area contributed by atoms with Crippen LogP contribution in [-0.4, -0.2) is 60.5 Å². The number of carbonyl (C=O) groups is 2. The number of nitrogens with zero attached hydrogens (tertiary/aromatic N) is 3. The van der Waals surface area contributed by atoms with Crippen LogP contribution < -0.4 is 14.8 Å². The number of methoxy groups -OCH3 is 2. The van der Waals surface area contributed by atoms with Gasteiger partial charge in [0.2, 0.25) is 17.7 Å². The van der Waals surface area contributed by atoms with Crippen molar-refractivity contribution in [2.24, 2.45) is 0 Å². The molecule has 3 rings (SSSR count). The monoisotopic (exact) mass is 456 g/mol. The molecule has 3 aromatic rings. The van der Waals surface area contributed by atoms with Crippen molar-refractivity contribution in [3.63, 3.8) is 0 Å². The fourth-order valence-corrected chi connectivity index (χ4v) is 3.43. The molecular weight excluding hydrogens is 432 g/mol. The van der Waals surface area contributed by atoms with Crippen molar-refractivity contribution in [3.8, 4) is 23.0 Å². The fourth-order valence-electron chi connectivity index (χ4n) is 2.73. The van der Waals surface area contributed by atoms with Gasteiger partial charge < -0.3 is 24.1 Å². The minimum Gasteiger partial charge on any atom is -0.493 e. The molecule has 1 aromatic heterocycles. The molecule has 2 amide bonds. The SMILES string of the molecule is COc1ccc(-c2nnc(SCC(=O)N(C)CC(=O)Nc3ccc(C)cc3)o2)cc1OC. The van der Waals surface area contributed by atoms with Crippen molar-refractivity contribution < 1.29 is 23.5 Å². The van der Waals surface area contributed by atoms with Crippen LogP contribution in [-0.2, 0) is 9.59 Å². The second kappa shape index (κ2) is 10.7.